The number of benzene rings is 1. The molecule has 0 fully saturated rings. The minimum atomic E-state index is -3.93. The molecule has 0 aromatic heterocycles. The predicted molar refractivity (Wildman–Crippen MR) is 60.5 cm³/mol. The van der Waals surface area contributed by atoms with Crippen molar-refractivity contribution in [3.63, 3.8) is 0 Å². The van der Waals surface area contributed by atoms with Gasteiger partial charge in [0.05, 0.1) is 10.5 Å². The lowest BCUT2D eigenvalue weighted by molar-refractivity contribution is -0.387. The standard InChI is InChI=1S/C7H9NO8P2/c9-7(17(12)13,16-18(14)15)5-3-1-2-4-6(5)8(10)11/h1-4,9,17-18H,(H,12,13)(H,14,15). The first kappa shape index (κ1) is 15.0. The van der Waals surface area contributed by atoms with Gasteiger partial charge in [-0.25, -0.2) is 0 Å². The minimum absolute atomic E-state index is 0.659. The van der Waals surface area contributed by atoms with Gasteiger partial charge in [-0.05, 0) is 6.07 Å². The molecule has 3 atom stereocenters. The average Bonchev–Trinajstić information content (AvgIpc) is 2.27. The van der Waals surface area contributed by atoms with Gasteiger partial charge in [0.1, 0.15) is 0 Å². The highest BCUT2D eigenvalue weighted by Crippen LogP contribution is 2.50. The summed E-state index contributed by atoms with van der Waals surface area (Å²) in [5.74, 6) is 0. The van der Waals surface area contributed by atoms with Crippen LogP contribution in [0.2, 0.25) is 0 Å². The molecule has 0 heterocycles. The largest absolute Gasteiger partial charge is 0.354 e. The van der Waals surface area contributed by atoms with Crippen LogP contribution < -0.4 is 0 Å². The normalized spacial score (nSPS) is 17.7. The first-order valence-corrected chi connectivity index (χ1v) is 7.02. The van der Waals surface area contributed by atoms with Gasteiger partial charge in [-0.1, -0.05) is 12.1 Å². The SMILES string of the molecule is O=[N+]([O-])c1ccccc1C(O)(O[PH](=O)O)[PH](=O)O. The smallest absolute Gasteiger partial charge is 0.319 e. The van der Waals surface area contributed by atoms with Crippen LogP contribution in [0.4, 0.5) is 5.69 Å². The monoisotopic (exact) mass is 297 g/mol. The van der Waals surface area contributed by atoms with E-state index in [1.165, 1.54) is 12.1 Å². The summed E-state index contributed by atoms with van der Waals surface area (Å²) in [4.78, 5) is 27.4. The Kier molecular flexibility index (Phi) is 4.75. The third-order valence-corrected chi connectivity index (χ3v) is 3.62. The maximum atomic E-state index is 11.1. The Morgan fingerprint density at radius 3 is 2.28 bits per heavy atom. The molecule has 0 saturated heterocycles. The van der Waals surface area contributed by atoms with Gasteiger partial charge in [-0.3, -0.25) is 23.8 Å². The van der Waals surface area contributed by atoms with Crippen LogP contribution in [-0.4, -0.2) is 19.8 Å². The molecule has 0 amide bonds. The number of hydrogen-bond donors (Lipinski definition) is 3. The summed E-state index contributed by atoms with van der Waals surface area (Å²) >= 11 is 0. The van der Waals surface area contributed by atoms with Crippen molar-refractivity contribution in [3.05, 3.63) is 39.9 Å². The predicted octanol–water partition coefficient (Wildman–Crippen LogP) is 0.563. The van der Waals surface area contributed by atoms with E-state index < -0.39 is 38.0 Å². The molecule has 0 saturated carbocycles. The van der Waals surface area contributed by atoms with E-state index in [1.54, 1.807) is 0 Å². The van der Waals surface area contributed by atoms with Crippen molar-refractivity contribution < 1.29 is 33.5 Å². The highest BCUT2D eigenvalue weighted by molar-refractivity contribution is 7.40. The lowest BCUT2D eigenvalue weighted by Gasteiger charge is -2.23. The van der Waals surface area contributed by atoms with E-state index in [2.05, 4.69) is 4.52 Å². The second kappa shape index (κ2) is 5.71. The topological polar surface area (TPSA) is 147 Å². The molecule has 0 spiro atoms. The average molecular weight is 297 g/mol. The van der Waals surface area contributed by atoms with Crippen molar-refractivity contribution in [1.82, 2.24) is 0 Å². The fourth-order valence-corrected chi connectivity index (χ4v) is 2.68. The number of para-hydroxylation sites is 1. The zero-order valence-electron chi connectivity index (χ0n) is 8.64. The summed E-state index contributed by atoms with van der Waals surface area (Å²) in [6.45, 7) is 0. The summed E-state index contributed by atoms with van der Waals surface area (Å²) in [5, 5.41) is 20.5. The van der Waals surface area contributed by atoms with Crippen LogP contribution in [0.15, 0.2) is 24.3 Å². The second-order valence-electron chi connectivity index (χ2n) is 3.09. The van der Waals surface area contributed by atoms with Gasteiger partial charge in [-0.15, -0.1) is 0 Å². The molecule has 3 unspecified atom stereocenters. The number of hydrogen-bond acceptors (Lipinski definition) is 6. The van der Waals surface area contributed by atoms with Gasteiger partial charge >= 0.3 is 8.25 Å². The van der Waals surface area contributed by atoms with Gasteiger partial charge in [0.15, 0.2) is 0 Å². The Labute approximate surface area is 102 Å². The van der Waals surface area contributed by atoms with Gasteiger partial charge in [0.2, 0.25) is 0 Å². The Hall–Kier alpha value is -1.08. The second-order valence-corrected chi connectivity index (χ2v) is 5.12. The molecule has 18 heavy (non-hydrogen) atoms. The van der Waals surface area contributed by atoms with Crippen LogP contribution in [0.1, 0.15) is 5.56 Å². The van der Waals surface area contributed by atoms with Gasteiger partial charge in [0.25, 0.3) is 19.2 Å². The molecule has 0 aliphatic rings. The van der Waals surface area contributed by atoms with Crippen molar-refractivity contribution in [2.24, 2.45) is 0 Å². The molecular weight excluding hydrogens is 288 g/mol. The molecule has 1 aromatic carbocycles. The van der Waals surface area contributed by atoms with E-state index in [9.17, 15) is 24.4 Å². The van der Waals surface area contributed by atoms with Crippen molar-refractivity contribution in [1.29, 1.82) is 0 Å². The Morgan fingerprint density at radius 1 is 1.28 bits per heavy atom. The van der Waals surface area contributed by atoms with Crippen LogP contribution in [-0.2, 0) is 19.2 Å². The third-order valence-electron chi connectivity index (χ3n) is 1.99. The molecular formula is C7H9NO8P2. The minimum Gasteiger partial charge on any atom is -0.354 e. The zero-order chi connectivity index (χ0) is 13.9. The van der Waals surface area contributed by atoms with Crippen molar-refractivity contribution in [3.8, 4) is 0 Å². The quantitative estimate of drug-likeness (QED) is 0.309. The Bertz CT molecular complexity index is 520. The molecule has 9 nitrogen and oxygen atoms in total. The first-order valence-electron chi connectivity index (χ1n) is 4.40. The van der Waals surface area contributed by atoms with E-state index in [0.717, 1.165) is 12.1 Å². The molecule has 0 aliphatic heterocycles. The van der Waals surface area contributed by atoms with E-state index in [4.69, 9.17) is 9.79 Å². The number of aliphatic hydroxyl groups is 1. The molecule has 1 rings (SSSR count). The van der Waals surface area contributed by atoms with Gasteiger partial charge in [0, 0.05) is 6.07 Å². The fraction of sp³-hybridized carbons (Fsp3) is 0.143. The lowest BCUT2D eigenvalue weighted by Crippen LogP contribution is -2.23. The molecule has 1 aromatic rings. The van der Waals surface area contributed by atoms with Crippen LogP contribution in [0, 0.1) is 10.1 Å². The fourth-order valence-electron chi connectivity index (χ4n) is 1.26. The highest BCUT2D eigenvalue weighted by atomic mass is 31.1. The van der Waals surface area contributed by atoms with Crippen LogP contribution in [0.25, 0.3) is 0 Å². The Morgan fingerprint density at radius 2 is 1.83 bits per heavy atom. The molecule has 3 N–H and O–H groups in total. The number of nitro groups is 1. The number of nitrogens with zero attached hydrogens (tertiary/aromatic N) is 1. The Balaban J connectivity index is 3.43. The van der Waals surface area contributed by atoms with Gasteiger partial charge in [-0.2, -0.15) is 0 Å². The number of rotatable bonds is 5. The summed E-state index contributed by atoms with van der Waals surface area (Å²) in [7, 11) is -7.71. The maximum absolute atomic E-state index is 11.1. The molecule has 0 bridgehead atoms. The van der Waals surface area contributed by atoms with Gasteiger partial charge < -0.3 is 14.9 Å². The summed E-state index contributed by atoms with van der Waals surface area (Å²) in [6, 6.07) is 4.43. The molecule has 0 aliphatic carbocycles. The summed E-state index contributed by atoms with van der Waals surface area (Å²) in [6.07, 6.45) is 0. The van der Waals surface area contributed by atoms with Crippen molar-refractivity contribution >= 4 is 22.0 Å². The molecule has 11 heteroatoms. The zero-order valence-corrected chi connectivity index (χ0v) is 10.6. The molecule has 0 radical (unpaired) electrons. The van der Waals surface area contributed by atoms with E-state index in [-0.39, 0.29) is 0 Å². The summed E-state index contributed by atoms with van der Waals surface area (Å²) in [5.41, 5.74) is -4.43. The van der Waals surface area contributed by atoms with E-state index >= 15 is 0 Å². The third kappa shape index (κ3) is 3.02. The van der Waals surface area contributed by atoms with Crippen molar-refractivity contribution in [2.45, 2.75) is 5.53 Å². The number of nitro benzene ring substituents is 1. The van der Waals surface area contributed by atoms with Crippen LogP contribution in [0.3, 0.4) is 0 Å². The lowest BCUT2D eigenvalue weighted by atomic mass is 10.1. The maximum Gasteiger partial charge on any atom is 0.319 e. The van der Waals surface area contributed by atoms with E-state index in [1.807, 2.05) is 0 Å². The van der Waals surface area contributed by atoms with Crippen LogP contribution in [0.5, 0.6) is 0 Å². The highest BCUT2D eigenvalue weighted by Gasteiger charge is 2.43. The molecule has 100 valence electrons. The first-order chi connectivity index (χ1) is 8.29. The van der Waals surface area contributed by atoms with Crippen LogP contribution >= 0.6 is 16.3 Å². The summed E-state index contributed by atoms with van der Waals surface area (Å²) < 4.78 is 25.8. The van der Waals surface area contributed by atoms with Crippen molar-refractivity contribution in [2.75, 3.05) is 0 Å². The van der Waals surface area contributed by atoms with E-state index in [0.29, 0.717) is 0 Å².